The molecule has 27 heavy (non-hydrogen) atoms. The highest BCUT2D eigenvalue weighted by molar-refractivity contribution is 9.10. The standard InChI is InChI=1S/C19H18BrCl2NO4/c1-3-12-8-13(20)4-6-16(12)23-18(24)10-26-19(25)11(2)27-17-7-5-14(21)9-15(17)22/h4-9,11H,3,10H2,1-2H3,(H,23,24)/t11-/m0/s1. The van der Waals surface area contributed by atoms with E-state index in [0.29, 0.717) is 16.5 Å². The van der Waals surface area contributed by atoms with Gasteiger partial charge in [0, 0.05) is 15.2 Å². The average molecular weight is 475 g/mol. The summed E-state index contributed by atoms with van der Waals surface area (Å²) in [5.74, 6) is -0.808. The third-order valence-corrected chi connectivity index (χ3v) is 4.62. The lowest BCUT2D eigenvalue weighted by molar-refractivity contribution is -0.153. The van der Waals surface area contributed by atoms with Crippen molar-refractivity contribution in [2.24, 2.45) is 0 Å². The van der Waals surface area contributed by atoms with Crippen molar-refractivity contribution in [2.75, 3.05) is 11.9 Å². The minimum absolute atomic E-state index is 0.280. The van der Waals surface area contributed by atoms with Gasteiger partial charge in [-0.1, -0.05) is 46.1 Å². The molecule has 2 aromatic rings. The van der Waals surface area contributed by atoms with E-state index in [1.807, 2.05) is 19.1 Å². The first-order chi connectivity index (χ1) is 12.8. The van der Waals surface area contributed by atoms with Crippen LogP contribution in [0.15, 0.2) is 40.9 Å². The van der Waals surface area contributed by atoms with Crippen LogP contribution in [0.1, 0.15) is 19.4 Å². The van der Waals surface area contributed by atoms with E-state index in [0.717, 1.165) is 16.5 Å². The van der Waals surface area contributed by atoms with Gasteiger partial charge in [0.15, 0.2) is 12.7 Å². The molecule has 5 nitrogen and oxygen atoms in total. The highest BCUT2D eigenvalue weighted by atomic mass is 79.9. The third-order valence-electron chi connectivity index (χ3n) is 3.60. The number of ether oxygens (including phenoxy) is 2. The number of amides is 1. The van der Waals surface area contributed by atoms with Crippen LogP contribution in [0.3, 0.4) is 0 Å². The van der Waals surface area contributed by atoms with E-state index < -0.39 is 24.6 Å². The molecule has 0 saturated carbocycles. The fourth-order valence-corrected chi connectivity index (χ4v) is 3.09. The van der Waals surface area contributed by atoms with E-state index in [9.17, 15) is 9.59 Å². The van der Waals surface area contributed by atoms with Crippen molar-refractivity contribution in [3.63, 3.8) is 0 Å². The molecule has 144 valence electrons. The van der Waals surface area contributed by atoms with Crippen molar-refractivity contribution in [1.29, 1.82) is 0 Å². The molecule has 0 fully saturated rings. The van der Waals surface area contributed by atoms with Crippen LogP contribution in [-0.2, 0) is 20.7 Å². The second kappa shape index (κ2) is 9.97. The highest BCUT2D eigenvalue weighted by Crippen LogP contribution is 2.28. The van der Waals surface area contributed by atoms with Crippen LogP contribution in [0.4, 0.5) is 5.69 Å². The van der Waals surface area contributed by atoms with Gasteiger partial charge in [-0.25, -0.2) is 4.79 Å². The Morgan fingerprint density at radius 1 is 1.19 bits per heavy atom. The van der Waals surface area contributed by atoms with Crippen molar-refractivity contribution >= 4 is 56.7 Å². The van der Waals surface area contributed by atoms with Gasteiger partial charge in [-0.3, -0.25) is 4.79 Å². The predicted molar refractivity (Wildman–Crippen MR) is 110 cm³/mol. The maximum absolute atomic E-state index is 12.1. The Bertz CT molecular complexity index is 844. The van der Waals surface area contributed by atoms with Crippen LogP contribution in [0.5, 0.6) is 5.75 Å². The number of rotatable bonds is 7. The SMILES string of the molecule is CCc1cc(Br)ccc1NC(=O)COC(=O)[C@H](C)Oc1ccc(Cl)cc1Cl. The van der Waals surface area contributed by atoms with Crippen LogP contribution in [0.25, 0.3) is 0 Å². The lowest BCUT2D eigenvalue weighted by Crippen LogP contribution is -2.30. The molecule has 8 heteroatoms. The molecule has 2 rings (SSSR count). The zero-order valence-electron chi connectivity index (χ0n) is 14.7. The maximum atomic E-state index is 12.1. The van der Waals surface area contributed by atoms with E-state index in [4.69, 9.17) is 32.7 Å². The molecule has 2 aromatic carbocycles. The maximum Gasteiger partial charge on any atom is 0.347 e. The fraction of sp³-hybridized carbons (Fsp3) is 0.263. The Labute approximate surface area is 176 Å². The number of carbonyl (C=O) groups excluding carboxylic acids is 2. The normalized spacial score (nSPS) is 11.6. The Balaban J connectivity index is 1.88. The van der Waals surface area contributed by atoms with Crippen LogP contribution in [0.2, 0.25) is 10.0 Å². The Morgan fingerprint density at radius 2 is 1.93 bits per heavy atom. The van der Waals surface area contributed by atoms with Crippen molar-refractivity contribution in [3.05, 3.63) is 56.5 Å². The molecule has 0 aliphatic carbocycles. The number of carbonyl (C=O) groups is 2. The third kappa shape index (κ3) is 6.41. The average Bonchev–Trinajstić information content (AvgIpc) is 2.63. The first kappa shape index (κ1) is 21.5. The predicted octanol–water partition coefficient (Wildman–Crippen LogP) is 5.27. The quantitative estimate of drug-likeness (QED) is 0.555. The largest absolute Gasteiger partial charge is 0.477 e. The smallest absolute Gasteiger partial charge is 0.347 e. The topological polar surface area (TPSA) is 64.6 Å². The second-order valence-electron chi connectivity index (χ2n) is 5.65. The lowest BCUT2D eigenvalue weighted by atomic mass is 10.1. The van der Waals surface area contributed by atoms with Crippen molar-refractivity contribution in [1.82, 2.24) is 0 Å². The zero-order chi connectivity index (χ0) is 20.0. The summed E-state index contributed by atoms with van der Waals surface area (Å²) in [6, 6.07) is 10.2. The Hall–Kier alpha value is -1.76. The molecule has 0 aliphatic rings. The first-order valence-electron chi connectivity index (χ1n) is 8.16. The lowest BCUT2D eigenvalue weighted by Gasteiger charge is -2.15. The Morgan fingerprint density at radius 3 is 2.59 bits per heavy atom. The van der Waals surface area contributed by atoms with Crippen LogP contribution in [0, 0.1) is 0 Å². The number of hydrogen-bond acceptors (Lipinski definition) is 4. The summed E-state index contributed by atoms with van der Waals surface area (Å²) in [5.41, 5.74) is 1.65. The summed E-state index contributed by atoms with van der Waals surface area (Å²) in [7, 11) is 0. The molecule has 0 radical (unpaired) electrons. The van der Waals surface area contributed by atoms with Crippen molar-refractivity contribution in [3.8, 4) is 5.75 Å². The van der Waals surface area contributed by atoms with Gasteiger partial charge >= 0.3 is 5.97 Å². The van der Waals surface area contributed by atoms with Gasteiger partial charge in [-0.15, -0.1) is 0 Å². The van der Waals surface area contributed by atoms with Gasteiger partial charge in [-0.05, 0) is 55.3 Å². The van der Waals surface area contributed by atoms with E-state index in [1.165, 1.54) is 13.0 Å². The minimum Gasteiger partial charge on any atom is -0.477 e. The van der Waals surface area contributed by atoms with Crippen molar-refractivity contribution < 1.29 is 19.1 Å². The number of esters is 1. The molecule has 0 aliphatic heterocycles. The molecule has 0 spiro atoms. The summed E-state index contributed by atoms with van der Waals surface area (Å²) < 4.78 is 11.4. The highest BCUT2D eigenvalue weighted by Gasteiger charge is 2.19. The van der Waals surface area contributed by atoms with Gasteiger partial charge in [0.05, 0.1) is 5.02 Å². The number of hydrogen-bond donors (Lipinski definition) is 1. The van der Waals surface area contributed by atoms with E-state index in [2.05, 4.69) is 21.2 Å². The number of anilines is 1. The van der Waals surface area contributed by atoms with E-state index >= 15 is 0 Å². The van der Waals surface area contributed by atoms with E-state index in [-0.39, 0.29) is 5.02 Å². The molecule has 1 atom stereocenters. The van der Waals surface area contributed by atoms with Gasteiger partial charge in [0.2, 0.25) is 0 Å². The van der Waals surface area contributed by atoms with Gasteiger partial charge in [0.25, 0.3) is 5.91 Å². The van der Waals surface area contributed by atoms with Crippen LogP contribution in [-0.4, -0.2) is 24.6 Å². The summed E-state index contributed by atoms with van der Waals surface area (Å²) in [5, 5.41) is 3.47. The monoisotopic (exact) mass is 473 g/mol. The fourth-order valence-electron chi connectivity index (χ4n) is 2.23. The molecular formula is C19H18BrCl2NO4. The molecule has 0 saturated heterocycles. The number of benzene rings is 2. The second-order valence-corrected chi connectivity index (χ2v) is 7.41. The molecule has 0 bridgehead atoms. The molecule has 1 amide bonds. The van der Waals surface area contributed by atoms with Crippen LogP contribution >= 0.6 is 39.1 Å². The molecule has 1 N–H and O–H groups in total. The number of aryl methyl sites for hydroxylation is 1. The number of halogens is 3. The number of nitrogens with one attached hydrogen (secondary N) is 1. The van der Waals surface area contributed by atoms with Gasteiger partial charge in [-0.2, -0.15) is 0 Å². The molecule has 0 heterocycles. The minimum atomic E-state index is -0.935. The molecular weight excluding hydrogens is 457 g/mol. The summed E-state index contributed by atoms with van der Waals surface area (Å²) >= 11 is 15.2. The zero-order valence-corrected chi connectivity index (χ0v) is 17.8. The van der Waals surface area contributed by atoms with Gasteiger partial charge < -0.3 is 14.8 Å². The summed E-state index contributed by atoms with van der Waals surface area (Å²) in [4.78, 5) is 24.1. The van der Waals surface area contributed by atoms with Crippen LogP contribution < -0.4 is 10.1 Å². The van der Waals surface area contributed by atoms with Crippen molar-refractivity contribution in [2.45, 2.75) is 26.4 Å². The summed E-state index contributed by atoms with van der Waals surface area (Å²) in [6.45, 7) is 3.08. The Kier molecular flexibility index (Phi) is 7.95. The molecule has 0 aromatic heterocycles. The summed E-state index contributed by atoms with van der Waals surface area (Å²) in [6.07, 6.45) is -0.183. The molecule has 0 unspecified atom stereocenters. The first-order valence-corrected chi connectivity index (χ1v) is 9.71. The van der Waals surface area contributed by atoms with E-state index in [1.54, 1.807) is 18.2 Å². The van der Waals surface area contributed by atoms with Gasteiger partial charge in [0.1, 0.15) is 5.75 Å².